The number of carbonyl (C=O) groups is 1. The van der Waals surface area contributed by atoms with E-state index in [1.54, 1.807) is 25.1 Å². The standard InChI is InChI=1S/C23H28Cl2F3NO3.C3H6O2.Y/c1-15(30)4-8-18(29-31)9-5-17-7-11-22(19(13-17)23(26,27)28)32-12-2-3-16-6-10-20(24)21(25)14-16;1-3(4)5-2;/h6-7,10-11,13-15,18,29-31H,2-5,8-9,12H2,1H3;1-2H3;. The number of hydrogen-bond donors (Lipinski definition) is 3. The van der Waals surface area contributed by atoms with Gasteiger partial charge in [-0.2, -0.15) is 13.2 Å². The molecule has 0 spiro atoms. The number of ether oxygens (including phenoxy) is 2. The Balaban J connectivity index is 0.00000208. The Kier molecular flexibility index (Phi) is 18.7. The first-order valence-electron chi connectivity index (χ1n) is 11.8. The molecule has 2 unspecified atom stereocenters. The predicted octanol–water partition coefficient (Wildman–Crippen LogP) is 6.64. The van der Waals surface area contributed by atoms with Crippen LogP contribution in [0, 0.1) is 0 Å². The third-order valence-electron chi connectivity index (χ3n) is 5.39. The third kappa shape index (κ3) is 15.0. The third-order valence-corrected chi connectivity index (χ3v) is 6.12. The summed E-state index contributed by atoms with van der Waals surface area (Å²) in [5, 5.41) is 19.5. The first-order valence-corrected chi connectivity index (χ1v) is 12.5. The van der Waals surface area contributed by atoms with Gasteiger partial charge in [-0.3, -0.25) is 4.79 Å². The van der Waals surface area contributed by atoms with E-state index in [-0.39, 0.29) is 57.1 Å². The van der Waals surface area contributed by atoms with Crippen molar-refractivity contribution in [2.45, 2.75) is 70.7 Å². The molecule has 12 heteroatoms. The van der Waals surface area contributed by atoms with Gasteiger partial charge in [-0.1, -0.05) is 35.3 Å². The van der Waals surface area contributed by atoms with Crippen molar-refractivity contribution in [3.8, 4) is 5.75 Å². The second-order valence-electron chi connectivity index (χ2n) is 8.52. The van der Waals surface area contributed by atoms with Gasteiger partial charge in [0.1, 0.15) is 5.75 Å². The molecule has 6 nitrogen and oxygen atoms in total. The van der Waals surface area contributed by atoms with Crippen LogP contribution in [0.5, 0.6) is 5.75 Å². The van der Waals surface area contributed by atoms with Crippen LogP contribution in [0.15, 0.2) is 36.4 Å². The quantitative estimate of drug-likeness (QED) is 0.135. The first-order chi connectivity index (χ1) is 17.4. The summed E-state index contributed by atoms with van der Waals surface area (Å²) in [6.45, 7) is 3.13. The molecule has 0 heterocycles. The number of benzene rings is 2. The minimum absolute atomic E-state index is 0. The van der Waals surface area contributed by atoms with E-state index >= 15 is 0 Å². The fraction of sp³-hybridized carbons (Fsp3) is 0.500. The second kappa shape index (κ2) is 19.2. The molecule has 0 aliphatic heterocycles. The molecular formula is C26H34Cl2F3NO5Y. The molecule has 0 aromatic heterocycles. The minimum Gasteiger partial charge on any atom is -0.493 e. The number of aliphatic hydroxyl groups excluding tert-OH is 1. The monoisotopic (exact) mass is 656 g/mol. The number of aryl methyl sites for hydroxylation is 2. The Hall–Kier alpha value is -0.936. The Morgan fingerprint density at radius 1 is 1.03 bits per heavy atom. The van der Waals surface area contributed by atoms with Crippen LogP contribution in [0.1, 0.15) is 56.2 Å². The van der Waals surface area contributed by atoms with Crippen LogP contribution in [-0.4, -0.2) is 42.1 Å². The molecule has 211 valence electrons. The number of aliphatic hydroxyl groups is 1. The summed E-state index contributed by atoms with van der Waals surface area (Å²) in [5.74, 6) is -0.452. The SMILES string of the molecule is CC(O)CCC(CCc1ccc(OCCCc2ccc(Cl)c(Cl)c2)c(C(F)(F)F)c1)NO.COC(C)=O.[Y]. The van der Waals surface area contributed by atoms with E-state index in [1.165, 1.54) is 20.1 Å². The van der Waals surface area contributed by atoms with Crippen LogP contribution in [0.4, 0.5) is 13.2 Å². The maximum Gasteiger partial charge on any atom is 0.419 e. The summed E-state index contributed by atoms with van der Waals surface area (Å²) in [6, 6.07) is 8.96. The number of carbonyl (C=O) groups excluding carboxylic acids is 1. The van der Waals surface area contributed by atoms with Gasteiger partial charge < -0.3 is 19.8 Å². The van der Waals surface area contributed by atoms with E-state index in [0.29, 0.717) is 54.1 Å². The average molecular weight is 657 g/mol. The minimum atomic E-state index is -4.55. The normalized spacial score (nSPS) is 12.5. The van der Waals surface area contributed by atoms with Gasteiger partial charge in [0.05, 0.1) is 35.4 Å². The fourth-order valence-electron chi connectivity index (χ4n) is 3.29. The van der Waals surface area contributed by atoms with Crippen molar-refractivity contribution in [3.63, 3.8) is 0 Å². The van der Waals surface area contributed by atoms with Gasteiger partial charge in [0.25, 0.3) is 0 Å². The first kappa shape index (κ1) is 37.1. The van der Waals surface area contributed by atoms with E-state index in [2.05, 4.69) is 10.2 Å². The van der Waals surface area contributed by atoms with Crippen molar-refractivity contribution < 1.29 is 70.5 Å². The number of halogens is 5. The Morgan fingerprint density at radius 3 is 2.16 bits per heavy atom. The van der Waals surface area contributed by atoms with Crippen LogP contribution in [0.2, 0.25) is 10.0 Å². The molecule has 38 heavy (non-hydrogen) atoms. The molecule has 0 amide bonds. The molecule has 0 aliphatic rings. The van der Waals surface area contributed by atoms with Crippen molar-refractivity contribution in [1.29, 1.82) is 0 Å². The molecule has 0 aliphatic carbocycles. The zero-order valence-electron chi connectivity index (χ0n) is 21.7. The second-order valence-corrected chi connectivity index (χ2v) is 9.33. The molecule has 3 N–H and O–H groups in total. The number of alkyl halides is 3. The summed E-state index contributed by atoms with van der Waals surface area (Å²) in [6.07, 6.45) is -2.15. The molecule has 0 saturated carbocycles. The van der Waals surface area contributed by atoms with Crippen LogP contribution in [0.25, 0.3) is 0 Å². The van der Waals surface area contributed by atoms with E-state index < -0.39 is 17.8 Å². The molecule has 2 rings (SSSR count). The number of methoxy groups -OCH3 is 1. The van der Waals surface area contributed by atoms with Gasteiger partial charge in [0, 0.05) is 45.7 Å². The van der Waals surface area contributed by atoms with Crippen LogP contribution in [0.3, 0.4) is 0 Å². The molecule has 0 saturated heterocycles. The Morgan fingerprint density at radius 2 is 1.63 bits per heavy atom. The average Bonchev–Trinajstić information content (AvgIpc) is 2.84. The summed E-state index contributed by atoms with van der Waals surface area (Å²) >= 11 is 11.9. The molecule has 2 aromatic carbocycles. The Labute approximate surface area is 257 Å². The van der Waals surface area contributed by atoms with Gasteiger partial charge in [0.15, 0.2) is 0 Å². The van der Waals surface area contributed by atoms with Crippen molar-refractivity contribution >= 4 is 29.2 Å². The fourth-order valence-corrected chi connectivity index (χ4v) is 3.61. The Bertz CT molecular complexity index is 980. The summed E-state index contributed by atoms with van der Waals surface area (Å²) < 4.78 is 50.3. The van der Waals surface area contributed by atoms with Gasteiger partial charge in [-0.15, -0.1) is 0 Å². The predicted molar refractivity (Wildman–Crippen MR) is 137 cm³/mol. The summed E-state index contributed by atoms with van der Waals surface area (Å²) in [7, 11) is 1.35. The number of rotatable bonds is 12. The number of esters is 1. The van der Waals surface area contributed by atoms with Crippen LogP contribution >= 0.6 is 23.2 Å². The smallest absolute Gasteiger partial charge is 0.419 e. The maximum atomic E-state index is 13.6. The van der Waals surface area contributed by atoms with Crippen molar-refractivity contribution in [2.24, 2.45) is 0 Å². The number of hydrogen-bond acceptors (Lipinski definition) is 6. The maximum absolute atomic E-state index is 13.6. The van der Waals surface area contributed by atoms with Gasteiger partial charge >= 0.3 is 12.1 Å². The zero-order valence-corrected chi connectivity index (χ0v) is 26.0. The van der Waals surface area contributed by atoms with Gasteiger partial charge in [-0.25, -0.2) is 5.48 Å². The summed E-state index contributed by atoms with van der Waals surface area (Å²) in [4.78, 5) is 9.59. The topological polar surface area (TPSA) is 88.0 Å². The van der Waals surface area contributed by atoms with Gasteiger partial charge in [0.2, 0.25) is 0 Å². The zero-order chi connectivity index (χ0) is 28.0. The molecule has 0 bridgehead atoms. The van der Waals surface area contributed by atoms with E-state index in [1.807, 2.05) is 6.07 Å². The molecule has 1 radical (unpaired) electrons. The largest absolute Gasteiger partial charge is 0.493 e. The van der Waals surface area contributed by atoms with E-state index in [9.17, 15) is 28.3 Å². The van der Waals surface area contributed by atoms with Crippen molar-refractivity contribution in [3.05, 3.63) is 63.1 Å². The number of nitrogens with one attached hydrogen (secondary N) is 1. The molecule has 0 fully saturated rings. The van der Waals surface area contributed by atoms with E-state index in [0.717, 1.165) is 11.6 Å². The molecular weight excluding hydrogens is 623 g/mol. The molecule has 2 aromatic rings. The number of hydroxylamine groups is 1. The summed E-state index contributed by atoms with van der Waals surface area (Å²) in [5.41, 5.74) is 2.77. The van der Waals surface area contributed by atoms with E-state index in [4.69, 9.17) is 27.9 Å². The van der Waals surface area contributed by atoms with Gasteiger partial charge in [-0.05, 0) is 80.8 Å². The molecule has 2 atom stereocenters. The van der Waals surface area contributed by atoms with Crippen molar-refractivity contribution in [2.75, 3.05) is 13.7 Å². The van der Waals surface area contributed by atoms with Crippen LogP contribution in [-0.2, 0) is 61.3 Å². The van der Waals surface area contributed by atoms with Crippen LogP contribution < -0.4 is 10.2 Å². The van der Waals surface area contributed by atoms with Crippen molar-refractivity contribution in [1.82, 2.24) is 5.48 Å².